The molecular formula is C20H22N2O. The maximum atomic E-state index is 9.01. The molecule has 0 radical (unpaired) electrons. The van der Waals surface area contributed by atoms with Crippen LogP contribution in [0.3, 0.4) is 0 Å². The summed E-state index contributed by atoms with van der Waals surface area (Å²) < 4.78 is 5.42. The topological polar surface area (TPSA) is 45.0 Å². The van der Waals surface area contributed by atoms with Crippen molar-refractivity contribution in [1.29, 1.82) is 5.26 Å². The summed E-state index contributed by atoms with van der Waals surface area (Å²) in [5, 5.41) is 12.6. The Morgan fingerprint density at radius 2 is 2.04 bits per heavy atom. The van der Waals surface area contributed by atoms with Crippen LogP contribution in [0.15, 0.2) is 48.5 Å². The van der Waals surface area contributed by atoms with Crippen LogP contribution in [0.25, 0.3) is 11.1 Å². The average Bonchev–Trinajstić information content (AvgIpc) is 3.13. The Morgan fingerprint density at radius 3 is 2.74 bits per heavy atom. The van der Waals surface area contributed by atoms with Gasteiger partial charge in [-0.25, -0.2) is 0 Å². The van der Waals surface area contributed by atoms with Crippen molar-refractivity contribution in [3.05, 3.63) is 59.7 Å². The minimum absolute atomic E-state index is 0.329. The van der Waals surface area contributed by atoms with Gasteiger partial charge in [-0.05, 0) is 48.1 Å². The molecule has 0 amide bonds. The Kier molecular flexibility index (Phi) is 5.07. The third-order valence-corrected chi connectivity index (χ3v) is 4.47. The molecule has 23 heavy (non-hydrogen) atoms. The van der Waals surface area contributed by atoms with Crippen LogP contribution in [0.4, 0.5) is 0 Å². The molecule has 118 valence electrons. The van der Waals surface area contributed by atoms with Crippen molar-refractivity contribution in [2.45, 2.75) is 19.4 Å². The summed E-state index contributed by atoms with van der Waals surface area (Å²) in [4.78, 5) is 0. The van der Waals surface area contributed by atoms with Gasteiger partial charge in [-0.1, -0.05) is 36.4 Å². The normalized spacial score (nSPS) is 18.5. The molecule has 1 aliphatic rings. The number of nitriles is 1. The third kappa shape index (κ3) is 3.98. The molecular weight excluding hydrogens is 284 g/mol. The van der Waals surface area contributed by atoms with Gasteiger partial charge in [0.25, 0.3) is 0 Å². The van der Waals surface area contributed by atoms with Gasteiger partial charge in [0.15, 0.2) is 0 Å². The predicted molar refractivity (Wildman–Crippen MR) is 91.9 cm³/mol. The van der Waals surface area contributed by atoms with Crippen LogP contribution in [-0.2, 0) is 4.74 Å². The van der Waals surface area contributed by atoms with E-state index in [9.17, 15) is 0 Å². The van der Waals surface area contributed by atoms with E-state index in [1.54, 1.807) is 0 Å². The molecule has 3 rings (SSSR count). The van der Waals surface area contributed by atoms with Crippen LogP contribution in [0, 0.1) is 17.2 Å². The number of benzene rings is 2. The highest BCUT2D eigenvalue weighted by Crippen LogP contribution is 2.23. The second-order valence-corrected chi connectivity index (χ2v) is 6.17. The Morgan fingerprint density at radius 1 is 1.22 bits per heavy atom. The minimum atomic E-state index is 0.329. The molecule has 1 saturated heterocycles. The van der Waals surface area contributed by atoms with E-state index in [2.05, 4.69) is 42.6 Å². The lowest BCUT2D eigenvalue weighted by Crippen LogP contribution is -2.25. The third-order valence-electron chi connectivity index (χ3n) is 4.47. The lowest BCUT2D eigenvalue weighted by atomic mass is 10.00. The van der Waals surface area contributed by atoms with E-state index in [0.717, 1.165) is 37.3 Å². The van der Waals surface area contributed by atoms with Gasteiger partial charge in [-0.2, -0.15) is 5.26 Å². The van der Waals surface area contributed by atoms with E-state index in [1.807, 2.05) is 24.3 Å². The van der Waals surface area contributed by atoms with Crippen molar-refractivity contribution < 1.29 is 4.74 Å². The molecule has 0 spiro atoms. The number of rotatable bonds is 5. The SMILES string of the molecule is C[C@H](NC[C@@H]1CCOC1)c1ccc(-c2cccc(C#N)c2)cc1. The number of hydrogen-bond acceptors (Lipinski definition) is 3. The molecule has 2 aromatic carbocycles. The summed E-state index contributed by atoms with van der Waals surface area (Å²) in [6.45, 7) is 4.99. The molecule has 1 aliphatic heterocycles. The molecule has 1 N–H and O–H groups in total. The molecule has 0 bridgehead atoms. The Bertz CT molecular complexity index is 682. The lowest BCUT2D eigenvalue weighted by Gasteiger charge is -2.17. The number of hydrogen-bond donors (Lipinski definition) is 1. The molecule has 2 aromatic rings. The first kappa shape index (κ1) is 15.7. The van der Waals surface area contributed by atoms with Gasteiger partial charge in [-0.15, -0.1) is 0 Å². The van der Waals surface area contributed by atoms with Crippen molar-refractivity contribution in [2.24, 2.45) is 5.92 Å². The first-order valence-corrected chi connectivity index (χ1v) is 8.18. The lowest BCUT2D eigenvalue weighted by molar-refractivity contribution is 0.184. The maximum Gasteiger partial charge on any atom is 0.0991 e. The fourth-order valence-corrected chi connectivity index (χ4v) is 2.94. The molecule has 0 aliphatic carbocycles. The molecule has 3 heteroatoms. The highest BCUT2D eigenvalue weighted by atomic mass is 16.5. The van der Waals surface area contributed by atoms with Crippen LogP contribution >= 0.6 is 0 Å². The zero-order valence-electron chi connectivity index (χ0n) is 13.5. The van der Waals surface area contributed by atoms with Crippen molar-refractivity contribution in [3.63, 3.8) is 0 Å². The molecule has 2 atom stereocenters. The molecule has 0 unspecified atom stereocenters. The summed E-state index contributed by atoms with van der Waals surface area (Å²) >= 11 is 0. The van der Waals surface area contributed by atoms with E-state index in [1.165, 1.54) is 5.56 Å². The molecule has 0 aromatic heterocycles. The second kappa shape index (κ2) is 7.41. The second-order valence-electron chi connectivity index (χ2n) is 6.17. The summed E-state index contributed by atoms with van der Waals surface area (Å²) in [6, 6.07) is 18.8. The van der Waals surface area contributed by atoms with E-state index in [-0.39, 0.29) is 0 Å². The number of ether oxygens (including phenoxy) is 1. The Hall–Kier alpha value is -2.15. The van der Waals surface area contributed by atoms with E-state index in [0.29, 0.717) is 17.5 Å². The van der Waals surface area contributed by atoms with Crippen LogP contribution in [0.5, 0.6) is 0 Å². The molecule has 0 saturated carbocycles. The van der Waals surface area contributed by atoms with Crippen molar-refractivity contribution in [1.82, 2.24) is 5.32 Å². The van der Waals surface area contributed by atoms with Gasteiger partial charge >= 0.3 is 0 Å². The number of nitrogens with zero attached hydrogens (tertiary/aromatic N) is 1. The monoisotopic (exact) mass is 306 g/mol. The van der Waals surface area contributed by atoms with Gasteiger partial charge in [0.1, 0.15) is 0 Å². The number of nitrogens with one attached hydrogen (secondary N) is 1. The van der Waals surface area contributed by atoms with Crippen LogP contribution in [-0.4, -0.2) is 19.8 Å². The van der Waals surface area contributed by atoms with Gasteiger partial charge < -0.3 is 10.1 Å². The fourth-order valence-electron chi connectivity index (χ4n) is 2.94. The van der Waals surface area contributed by atoms with Crippen molar-refractivity contribution in [2.75, 3.05) is 19.8 Å². The van der Waals surface area contributed by atoms with Crippen molar-refractivity contribution in [3.8, 4) is 17.2 Å². The molecule has 1 heterocycles. The highest BCUT2D eigenvalue weighted by molar-refractivity contribution is 5.65. The van der Waals surface area contributed by atoms with Crippen molar-refractivity contribution >= 4 is 0 Å². The van der Waals surface area contributed by atoms with E-state index in [4.69, 9.17) is 10.00 Å². The van der Waals surface area contributed by atoms with Crippen LogP contribution in [0.2, 0.25) is 0 Å². The molecule has 1 fully saturated rings. The standard InChI is InChI=1S/C20H22N2O/c1-15(22-13-17-9-10-23-14-17)18-5-7-19(8-6-18)20-4-2-3-16(11-20)12-21/h2-8,11,15,17,22H,9-10,13-14H2,1H3/t15-,17-/m0/s1. The summed E-state index contributed by atoms with van der Waals surface area (Å²) in [5.74, 6) is 0.644. The van der Waals surface area contributed by atoms with E-state index >= 15 is 0 Å². The summed E-state index contributed by atoms with van der Waals surface area (Å²) in [6.07, 6.45) is 1.16. The van der Waals surface area contributed by atoms with Gasteiger partial charge in [0.2, 0.25) is 0 Å². The van der Waals surface area contributed by atoms with Gasteiger partial charge in [-0.3, -0.25) is 0 Å². The fraction of sp³-hybridized carbons (Fsp3) is 0.350. The zero-order valence-corrected chi connectivity index (χ0v) is 13.5. The minimum Gasteiger partial charge on any atom is -0.381 e. The Labute approximate surface area is 137 Å². The largest absolute Gasteiger partial charge is 0.381 e. The Balaban J connectivity index is 1.65. The molecule has 3 nitrogen and oxygen atoms in total. The summed E-state index contributed by atoms with van der Waals surface area (Å²) in [7, 11) is 0. The van der Waals surface area contributed by atoms with Gasteiger partial charge in [0, 0.05) is 19.2 Å². The van der Waals surface area contributed by atoms with E-state index < -0.39 is 0 Å². The predicted octanol–water partition coefficient (Wildman–Crippen LogP) is 3.91. The van der Waals surface area contributed by atoms with Crippen LogP contribution in [0.1, 0.15) is 30.5 Å². The highest BCUT2D eigenvalue weighted by Gasteiger charge is 2.16. The smallest absolute Gasteiger partial charge is 0.0991 e. The first-order chi connectivity index (χ1) is 11.3. The maximum absolute atomic E-state index is 9.01. The van der Waals surface area contributed by atoms with Gasteiger partial charge in [0.05, 0.1) is 18.2 Å². The quantitative estimate of drug-likeness (QED) is 0.911. The summed E-state index contributed by atoms with van der Waals surface area (Å²) in [5.41, 5.74) is 4.20. The van der Waals surface area contributed by atoms with Crippen LogP contribution < -0.4 is 5.32 Å². The first-order valence-electron chi connectivity index (χ1n) is 8.18. The average molecular weight is 306 g/mol. The zero-order chi connectivity index (χ0) is 16.1.